The normalized spacial score (nSPS) is 11.2. The maximum absolute atomic E-state index is 10.2. The number of phenols is 1. The van der Waals surface area contributed by atoms with Crippen LogP contribution in [0.2, 0.25) is 0 Å². The summed E-state index contributed by atoms with van der Waals surface area (Å²) < 4.78 is 5.89. The Morgan fingerprint density at radius 2 is 1.58 bits per heavy atom. The van der Waals surface area contributed by atoms with Crippen LogP contribution in [0.1, 0.15) is 36.1 Å². The van der Waals surface area contributed by atoms with Crippen molar-refractivity contribution < 1.29 is 9.84 Å². The minimum absolute atomic E-state index is 0.287. The van der Waals surface area contributed by atoms with Crippen LogP contribution in [0.25, 0.3) is 6.08 Å². The molecule has 0 unspecified atom stereocenters. The molecule has 0 aliphatic carbocycles. The zero-order valence-electron chi connectivity index (χ0n) is 15.3. The molecule has 0 saturated heterocycles. The van der Waals surface area contributed by atoms with Crippen molar-refractivity contribution in [3.63, 3.8) is 0 Å². The Hall–Kier alpha value is -3.00. The first-order chi connectivity index (χ1) is 12.5. The number of para-hydroxylation sites is 1. The van der Waals surface area contributed by atoms with E-state index in [0.717, 1.165) is 28.0 Å². The first kappa shape index (κ1) is 17.8. The number of phenolic OH excluding ortho intramolecular Hbond substituents is 1. The van der Waals surface area contributed by atoms with Gasteiger partial charge in [0.05, 0.1) is 0 Å². The summed E-state index contributed by atoms with van der Waals surface area (Å²) in [6.07, 6.45) is 1.83. The van der Waals surface area contributed by atoms with Gasteiger partial charge >= 0.3 is 0 Å². The van der Waals surface area contributed by atoms with Gasteiger partial charge in [0.2, 0.25) is 0 Å². The van der Waals surface area contributed by atoms with Gasteiger partial charge in [-0.15, -0.1) is 0 Å². The van der Waals surface area contributed by atoms with Crippen molar-refractivity contribution in [2.45, 2.75) is 25.9 Å². The van der Waals surface area contributed by atoms with E-state index < -0.39 is 0 Å². The lowest BCUT2D eigenvalue weighted by Gasteiger charge is -2.27. The Morgan fingerprint density at radius 1 is 0.923 bits per heavy atom. The third-order valence-electron chi connectivity index (χ3n) is 4.77. The highest BCUT2D eigenvalue weighted by Gasteiger charge is 2.25. The lowest BCUT2D eigenvalue weighted by atomic mass is 9.78. The smallest absolute Gasteiger partial charge is 0.119 e. The second-order valence-corrected chi connectivity index (χ2v) is 6.90. The highest BCUT2D eigenvalue weighted by atomic mass is 16.5. The standard InChI is InChI=1S/C24H24O2/c1-4-18-9-11-19(12-10-18)17-26-21-15-13-20(14-16-21)24(2,3)22-7-5-6-8-23(22)25/h4-16,25H,1,17H2,2-3H3. The van der Waals surface area contributed by atoms with E-state index in [1.54, 1.807) is 6.07 Å². The zero-order valence-corrected chi connectivity index (χ0v) is 15.3. The molecule has 1 N–H and O–H groups in total. The molecule has 3 aromatic carbocycles. The maximum Gasteiger partial charge on any atom is 0.119 e. The Kier molecular flexibility index (Phi) is 5.13. The SMILES string of the molecule is C=Cc1ccc(COc2ccc(C(C)(C)c3ccccc3O)cc2)cc1. The van der Waals surface area contributed by atoms with Crippen LogP contribution in [0.5, 0.6) is 11.5 Å². The molecule has 0 atom stereocenters. The molecule has 0 aromatic heterocycles. The molecule has 0 spiro atoms. The van der Waals surface area contributed by atoms with Crippen molar-refractivity contribution in [1.29, 1.82) is 0 Å². The van der Waals surface area contributed by atoms with Crippen molar-refractivity contribution in [2.24, 2.45) is 0 Å². The summed E-state index contributed by atoms with van der Waals surface area (Å²) in [5, 5.41) is 10.2. The average Bonchev–Trinajstić information content (AvgIpc) is 2.67. The monoisotopic (exact) mass is 344 g/mol. The number of aromatic hydroxyl groups is 1. The van der Waals surface area contributed by atoms with E-state index in [2.05, 4.69) is 32.6 Å². The first-order valence-electron chi connectivity index (χ1n) is 8.74. The molecule has 2 heteroatoms. The van der Waals surface area contributed by atoms with Gasteiger partial charge in [0.1, 0.15) is 18.1 Å². The van der Waals surface area contributed by atoms with Gasteiger partial charge in [0.25, 0.3) is 0 Å². The fourth-order valence-corrected chi connectivity index (χ4v) is 3.04. The van der Waals surface area contributed by atoms with Gasteiger partial charge < -0.3 is 9.84 Å². The van der Waals surface area contributed by atoms with E-state index in [9.17, 15) is 5.11 Å². The van der Waals surface area contributed by atoms with Crippen LogP contribution >= 0.6 is 0 Å². The second-order valence-electron chi connectivity index (χ2n) is 6.90. The van der Waals surface area contributed by atoms with Gasteiger partial charge in [-0.05, 0) is 34.9 Å². The van der Waals surface area contributed by atoms with E-state index in [1.165, 1.54) is 0 Å². The molecule has 0 saturated carbocycles. The van der Waals surface area contributed by atoms with E-state index in [-0.39, 0.29) is 5.41 Å². The fraction of sp³-hybridized carbons (Fsp3) is 0.167. The lowest BCUT2D eigenvalue weighted by molar-refractivity contribution is 0.306. The number of rotatable bonds is 6. The molecule has 0 amide bonds. The molecular formula is C24H24O2. The van der Waals surface area contributed by atoms with E-state index in [0.29, 0.717) is 12.4 Å². The Bertz CT molecular complexity index is 875. The minimum Gasteiger partial charge on any atom is -0.508 e. The molecule has 0 heterocycles. The average molecular weight is 344 g/mol. The van der Waals surface area contributed by atoms with Crippen molar-refractivity contribution >= 4 is 6.08 Å². The quantitative estimate of drug-likeness (QED) is 0.599. The second kappa shape index (κ2) is 7.49. The van der Waals surface area contributed by atoms with Crippen LogP contribution in [0.4, 0.5) is 0 Å². The predicted molar refractivity (Wildman–Crippen MR) is 108 cm³/mol. The van der Waals surface area contributed by atoms with E-state index in [1.807, 2.05) is 60.7 Å². The highest BCUT2D eigenvalue weighted by Crippen LogP contribution is 2.37. The molecule has 26 heavy (non-hydrogen) atoms. The topological polar surface area (TPSA) is 29.5 Å². The molecular weight excluding hydrogens is 320 g/mol. The van der Waals surface area contributed by atoms with Gasteiger partial charge in [-0.1, -0.05) is 81.1 Å². The number of hydrogen-bond acceptors (Lipinski definition) is 2. The maximum atomic E-state index is 10.2. The van der Waals surface area contributed by atoms with Crippen LogP contribution in [-0.2, 0) is 12.0 Å². The fourth-order valence-electron chi connectivity index (χ4n) is 3.04. The van der Waals surface area contributed by atoms with Gasteiger partial charge in [0.15, 0.2) is 0 Å². The lowest BCUT2D eigenvalue weighted by Crippen LogP contribution is -2.18. The molecule has 132 valence electrons. The molecule has 0 radical (unpaired) electrons. The molecule has 0 aliphatic rings. The largest absolute Gasteiger partial charge is 0.508 e. The summed E-state index contributed by atoms with van der Waals surface area (Å²) in [4.78, 5) is 0. The summed E-state index contributed by atoms with van der Waals surface area (Å²) in [7, 11) is 0. The summed E-state index contributed by atoms with van der Waals surface area (Å²) >= 11 is 0. The molecule has 2 nitrogen and oxygen atoms in total. The minimum atomic E-state index is -0.287. The van der Waals surface area contributed by atoms with Crippen molar-refractivity contribution in [3.8, 4) is 11.5 Å². The van der Waals surface area contributed by atoms with Gasteiger partial charge in [-0.3, -0.25) is 0 Å². The molecule has 3 aromatic rings. The Balaban J connectivity index is 1.71. The predicted octanol–water partition coefficient (Wildman–Crippen LogP) is 5.94. The number of ether oxygens (including phenoxy) is 1. The Labute approximate surface area is 155 Å². The summed E-state index contributed by atoms with van der Waals surface area (Å²) in [5.74, 6) is 1.15. The van der Waals surface area contributed by atoms with Crippen LogP contribution in [-0.4, -0.2) is 5.11 Å². The third-order valence-corrected chi connectivity index (χ3v) is 4.77. The van der Waals surface area contributed by atoms with E-state index in [4.69, 9.17) is 4.74 Å². The molecule has 0 aliphatic heterocycles. The molecule has 0 bridgehead atoms. The van der Waals surface area contributed by atoms with Crippen molar-refractivity contribution in [1.82, 2.24) is 0 Å². The van der Waals surface area contributed by atoms with Crippen LogP contribution in [0.15, 0.2) is 79.4 Å². The van der Waals surface area contributed by atoms with Gasteiger partial charge in [0, 0.05) is 11.0 Å². The van der Waals surface area contributed by atoms with Crippen LogP contribution < -0.4 is 4.74 Å². The Morgan fingerprint density at radius 3 is 2.19 bits per heavy atom. The van der Waals surface area contributed by atoms with Crippen molar-refractivity contribution in [2.75, 3.05) is 0 Å². The summed E-state index contributed by atoms with van der Waals surface area (Å²) in [6, 6.07) is 23.7. The van der Waals surface area contributed by atoms with Crippen molar-refractivity contribution in [3.05, 3.63) is 102 Å². The van der Waals surface area contributed by atoms with Gasteiger partial charge in [-0.25, -0.2) is 0 Å². The number of hydrogen-bond donors (Lipinski definition) is 1. The molecule has 3 rings (SSSR count). The molecule has 0 fully saturated rings. The summed E-state index contributed by atoms with van der Waals surface area (Å²) in [6.45, 7) is 8.51. The highest BCUT2D eigenvalue weighted by molar-refractivity contribution is 5.47. The first-order valence-corrected chi connectivity index (χ1v) is 8.74. The summed E-state index contributed by atoms with van der Waals surface area (Å²) in [5.41, 5.74) is 3.97. The zero-order chi connectivity index (χ0) is 18.6. The third kappa shape index (κ3) is 3.80. The van der Waals surface area contributed by atoms with E-state index >= 15 is 0 Å². The van der Waals surface area contributed by atoms with Crippen LogP contribution in [0.3, 0.4) is 0 Å². The van der Waals surface area contributed by atoms with Crippen LogP contribution in [0, 0.1) is 0 Å². The van der Waals surface area contributed by atoms with Gasteiger partial charge in [-0.2, -0.15) is 0 Å². The number of benzene rings is 3.